The van der Waals surface area contributed by atoms with E-state index in [-0.39, 0.29) is 24.0 Å². The van der Waals surface area contributed by atoms with Gasteiger partial charge >= 0.3 is 0 Å². The number of carbonyl (C=O) groups excluding carboxylic acids is 1. The number of hydrogen-bond acceptors (Lipinski definition) is 3. The first-order valence-corrected chi connectivity index (χ1v) is 6.31. The highest BCUT2D eigenvalue weighted by atomic mass is 16.3. The molecule has 1 amide bonds. The minimum Gasteiger partial charge on any atom is -0.393 e. The number of aliphatic hydroxyl groups is 2. The Bertz CT molecular complexity index is 217. The van der Waals surface area contributed by atoms with Gasteiger partial charge in [0.2, 0.25) is 5.91 Å². The van der Waals surface area contributed by atoms with Crippen LogP contribution in [0.15, 0.2) is 0 Å². The lowest BCUT2D eigenvalue weighted by atomic mass is 9.86. The first kappa shape index (κ1) is 11.9. The maximum atomic E-state index is 12.1. The fourth-order valence-electron chi connectivity index (χ4n) is 2.67. The van der Waals surface area contributed by atoms with Crippen molar-refractivity contribution in [3.05, 3.63) is 0 Å². The summed E-state index contributed by atoms with van der Waals surface area (Å²) in [6.07, 6.45) is 4.14. The third-order valence-electron chi connectivity index (χ3n) is 3.82. The molecular weight excluding hydrogens is 206 g/mol. The van der Waals surface area contributed by atoms with Crippen molar-refractivity contribution in [1.82, 2.24) is 4.90 Å². The average molecular weight is 227 g/mol. The first-order valence-electron chi connectivity index (χ1n) is 6.31. The van der Waals surface area contributed by atoms with Gasteiger partial charge in [0, 0.05) is 19.0 Å². The zero-order valence-electron chi connectivity index (χ0n) is 9.64. The summed E-state index contributed by atoms with van der Waals surface area (Å²) in [5.41, 5.74) is 0. The van der Waals surface area contributed by atoms with Crippen molar-refractivity contribution in [2.24, 2.45) is 5.92 Å². The maximum Gasteiger partial charge on any atom is 0.225 e. The molecule has 0 aromatic rings. The zero-order valence-corrected chi connectivity index (χ0v) is 9.64. The molecule has 2 aliphatic rings. The third-order valence-corrected chi connectivity index (χ3v) is 3.82. The Morgan fingerprint density at radius 1 is 0.875 bits per heavy atom. The summed E-state index contributed by atoms with van der Waals surface area (Å²) >= 11 is 0. The predicted octanol–water partition coefficient (Wildman–Crippen LogP) is 0.521. The number of carbonyl (C=O) groups is 1. The molecule has 2 rings (SSSR count). The van der Waals surface area contributed by atoms with E-state index in [0.717, 1.165) is 25.7 Å². The molecule has 1 saturated heterocycles. The number of hydrogen-bond donors (Lipinski definition) is 2. The molecule has 1 aliphatic carbocycles. The average Bonchev–Trinajstić information content (AvgIpc) is 2.30. The van der Waals surface area contributed by atoms with Crippen LogP contribution in [-0.4, -0.2) is 46.3 Å². The molecule has 0 aromatic carbocycles. The lowest BCUT2D eigenvalue weighted by molar-refractivity contribution is -0.139. The van der Waals surface area contributed by atoms with Crippen LogP contribution in [-0.2, 0) is 4.79 Å². The highest BCUT2D eigenvalue weighted by molar-refractivity contribution is 5.79. The summed E-state index contributed by atoms with van der Waals surface area (Å²) in [6, 6.07) is 0. The minimum atomic E-state index is -0.225. The molecule has 2 fully saturated rings. The number of nitrogens with zero attached hydrogens (tertiary/aromatic N) is 1. The molecule has 4 nitrogen and oxygen atoms in total. The largest absolute Gasteiger partial charge is 0.393 e. The Kier molecular flexibility index (Phi) is 3.82. The lowest BCUT2D eigenvalue weighted by Crippen LogP contribution is -2.44. The van der Waals surface area contributed by atoms with Crippen LogP contribution >= 0.6 is 0 Å². The molecule has 2 N–H and O–H groups in total. The van der Waals surface area contributed by atoms with Gasteiger partial charge in [-0.2, -0.15) is 0 Å². The van der Waals surface area contributed by atoms with E-state index >= 15 is 0 Å². The molecule has 16 heavy (non-hydrogen) atoms. The molecule has 92 valence electrons. The number of aliphatic hydroxyl groups excluding tert-OH is 2. The van der Waals surface area contributed by atoms with E-state index in [0.29, 0.717) is 25.9 Å². The minimum absolute atomic E-state index is 0.110. The topological polar surface area (TPSA) is 60.8 Å². The second-order valence-corrected chi connectivity index (χ2v) is 5.06. The molecule has 0 bridgehead atoms. The Morgan fingerprint density at radius 2 is 1.38 bits per heavy atom. The number of rotatable bonds is 1. The van der Waals surface area contributed by atoms with E-state index in [2.05, 4.69) is 0 Å². The summed E-state index contributed by atoms with van der Waals surface area (Å²) in [5, 5.41) is 18.8. The van der Waals surface area contributed by atoms with Crippen molar-refractivity contribution in [3.8, 4) is 0 Å². The van der Waals surface area contributed by atoms with Crippen LogP contribution in [0.1, 0.15) is 38.5 Å². The van der Waals surface area contributed by atoms with E-state index in [9.17, 15) is 15.0 Å². The van der Waals surface area contributed by atoms with Crippen molar-refractivity contribution >= 4 is 5.91 Å². The molecular formula is C12H21NO3. The normalized spacial score (nSPS) is 32.8. The van der Waals surface area contributed by atoms with Gasteiger partial charge in [-0.25, -0.2) is 0 Å². The number of piperidine rings is 1. The Morgan fingerprint density at radius 3 is 1.94 bits per heavy atom. The highest BCUT2D eigenvalue weighted by Crippen LogP contribution is 2.26. The van der Waals surface area contributed by atoms with Crippen LogP contribution in [0.3, 0.4) is 0 Å². The molecule has 1 aliphatic heterocycles. The van der Waals surface area contributed by atoms with E-state index in [1.54, 1.807) is 0 Å². The van der Waals surface area contributed by atoms with Crippen molar-refractivity contribution in [2.45, 2.75) is 50.7 Å². The van der Waals surface area contributed by atoms with Gasteiger partial charge < -0.3 is 15.1 Å². The van der Waals surface area contributed by atoms with Crippen LogP contribution in [0.2, 0.25) is 0 Å². The quantitative estimate of drug-likeness (QED) is 0.686. The predicted molar refractivity (Wildman–Crippen MR) is 59.8 cm³/mol. The van der Waals surface area contributed by atoms with E-state index in [4.69, 9.17) is 0 Å². The summed E-state index contributed by atoms with van der Waals surface area (Å²) in [5.74, 6) is 0.345. The third kappa shape index (κ3) is 2.74. The first-order chi connectivity index (χ1) is 7.66. The summed E-state index contributed by atoms with van der Waals surface area (Å²) in [7, 11) is 0. The van der Waals surface area contributed by atoms with Crippen molar-refractivity contribution in [1.29, 1.82) is 0 Å². The fourth-order valence-corrected chi connectivity index (χ4v) is 2.67. The smallest absolute Gasteiger partial charge is 0.225 e. The standard InChI is InChI=1S/C12H21NO3/c14-10-3-1-9(2-4-10)12(16)13-7-5-11(15)6-8-13/h9-11,14-15H,1-8H2. The zero-order chi connectivity index (χ0) is 11.5. The summed E-state index contributed by atoms with van der Waals surface area (Å²) < 4.78 is 0. The second-order valence-electron chi connectivity index (χ2n) is 5.06. The lowest BCUT2D eigenvalue weighted by Gasteiger charge is -2.34. The SMILES string of the molecule is O=C(C1CCC(O)CC1)N1CCC(O)CC1. The summed E-state index contributed by atoms with van der Waals surface area (Å²) in [4.78, 5) is 14.0. The van der Waals surface area contributed by atoms with Gasteiger partial charge in [-0.15, -0.1) is 0 Å². The van der Waals surface area contributed by atoms with Crippen LogP contribution < -0.4 is 0 Å². The Balaban J connectivity index is 1.83. The van der Waals surface area contributed by atoms with Gasteiger partial charge in [-0.1, -0.05) is 0 Å². The van der Waals surface area contributed by atoms with Crippen molar-refractivity contribution < 1.29 is 15.0 Å². The number of likely N-dealkylation sites (tertiary alicyclic amines) is 1. The number of amides is 1. The molecule has 1 saturated carbocycles. The van der Waals surface area contributed by atoms with E-state index in [1.165, 1.54) is 0 Å². The second kappa shape index (κ2) is 5.15. The molecule has 0 aromatic heterocycles. The molecule has 4 heteroatoms. The van der Waals surface area contributed by atoms with Gasteiger partial charge in [-0.3, -0.25) is 4.79 Å². The van der Waals surface area contributed by atoms with Gasteiger partial charge in [-0.05, 0) is 38.5 Å². The Hall–Kier alpha value is -0.610. The van der Waals surface area contributed by atoms with Gasteiger partial charge in [0.05, 0.1) is 12.2 Å². The molecule has 0 radical (unpaired) electrons. The van der Waals surface area contributed by atoms with Gasteiger partial charge in [0.25, 0.3) is 0 Å². The fraction of sp³-hybridized carbons (Fsp3) is 0.917. The molecule has 0 unspecified atom stereocenters. The van der Waals surface area contributed by atoms with Gasteiger partial charge in [0.1, 0.15) is 0 Å². The van der Waals surface area contributed by atoms with E-state index in [1.807, 2.05) is 4.90 Å². The van der Waals surface area contributed by atoms with Crippen LogP contribution in [0.4, 0.5) is 0 Å². The molecule has 0 atom stereocenters. The summed E-state index contributed by atoms with van der Waals surface area (Å²) in [6.45, 7) is 1.39. The molecule has 0 spiro atoms. The monoisotopic (exact) mass is 227 g/mol. The van der Waals surface area contributed by atoms with Crippen molar-refractivity contribution in [2.75, 3.05) is 13.1 Å². The Labute approximate surface area is 96.3 Å². The van der Waals surface area contributed by atoms with Crippen LogP contribution in [0.5, 0.6) is 0 Å². The van der Waals surface area contributed by atoms with Crippen molar-refractivity contribution in [3.63, 3.8) is 0 Å². The van der Waals surface area contributed by atoms with Crippen LogP contribution in [0, 0.1) is 5.92 Å². The maximum absolute atomic E-state index is 12.1. The highest BCUT2D eigenvalue weighted by Gasteiger charge is 2.30. The molecule has 1 heterocycles. The van der Waals surface area contributed by atoms with E-state index < -0.39 is 0 Å². The van der Waals surface area contributed by atoms with Gasteiger partial charge in [0.15, 0.2) is 0 Å². The van der Waals surface area contributed by atoms with Crippen LogP contribution in [0.25, 0.3) is 0 Å².